The van der Waals surface area contributed by atoms with E-state index < -0.39 is 6.04 Å². The smallest absolute Gasteiger partial charge is 0.328 e. The van der Waals surface area contributed by atoms with Gasteiger partial charge in [0.2, 0.25) is 0 Å². The molecule has 23 heavy (non-hydrogen) atoms. The molecule has 1 saturated carbocycles. The summed E-state index contributed by atoms with van der Waals surface area (Å²) in [7, 11) is 0. The van der Waals surface area contributed by atoms with Crippen LogP contribution in [0.15, 0.2) is 24.3 Å². The van der Waals surface area contributed by atoms with Gasteiger partial charge >= 0.3 is 5.97 Å². The SMILES string of the molecule is CC(C)CC(NC(=O)c1ccc(N)cc1)C(=O)OC1CCCC1. The maximum Gasteiger partial charge on any atom is 0.328 e. The minimum atomic E-state index is -0.611. The van der Waals surface area contributed by atoms with Crippen molar-refractivity contribution in [2.45, 2.75) is 58.1 Å². The van der Waals surface area contributed by atoms with Crippen molar-refractivity contribution in [1.82, 2.24) is 5.32 Å². The number of esters is 1. The van der Waals surface area contributed by atoms with E-state index in [4.69, 9.17) is 10.5 Å². The second-order valence-corrected chi connectivity index (χ2v) is 6.62. The van der Waals surface area contributed by atoms with Gasteiger partial charge in [-0.05, 0) is 62.3 Å². The number of carbonyl (C=O) groups excluding carboxylic acids is 2. The van der Waals surface area contributed by atoms with Gasteiger partial charge in [0.25, 0.3) is 5.91 Å². The minimum absolute atomic E-state index is 0.00517. The molecule has 1 atom stereocenters. The first kappa shape index (κ1) is 17.3. The van der Waals surface area contributed by atoms with Gasteiger partial charge in [-0.25, -0.2) is 4.79 Å². The lowest BCUT2D eigenvalue weighted by atomic mass is 10.0. The van der Waals surface area contributed by atoms with E-state index in [0.717, 1.165) is 25.7 Å². The average Bonchev–Trinajstić information content (AvgIpc) is 2.99. The molecule has 0 heterocycles. The van der Waals surface area contributed by atoms with Crippen molar-refractivity contribution in [1.29, 1.82) is 0 Å². The molecule has 1 unspecified atom stereocenters. The van der Waals surface area contributed by atoms with Crippen molar-refractivity contribution in [2.24, 2.45) is 5.92 Å². The van der Waals surface area contributed by atoms with Gasteiger partial charge < -0.3 is 15.8 Å². The summed E-state index contributed by atoms with van der Waals surface area (Å²) in [4.78, 5) is 24.7. The third-order valence-electron chi connectivity index (χ3n) is 4.05. The first-order chi connectivity index (χ1) is 11.0. The highest BCUT2D eigenvalue weighted by Crippen LogP contribution is 2.22. The van der Waals surface area contributed by atoms with E-state index in [2.05, 4.69) is 5.32 Å². The van der Waals surface area contributed by atoms with Crippen LogP contribution in [0.4, 0.5) is 5.69 Å². The van der Waals surface area contributed by atoms with E-state index in [0.29, 0.717) is 17.7 Å². The number of ether oxygens (including phenoxy) is 1. The first-order valence-electron chi connectivity index (χ1n) is 8.32. The van der Waals surface area contributed by atoms with Crippen molar-refractivity contribution in [3.05, 3.63) is 29.8 Å². The van der Waals surface area contributed by atoms with E-state index in [1.165, 1.54) is 0 Å². The zero-order valence-corrected chi connectivity index (χ0v) is 13.9. The summed E-state index contributed by atoms with van der Waals surface area (Å²) in [6.45, 7) is 4.04. The van der Waals surface area contributed by atoms with Gasteiger partial charge in [-0.1, -0.05) is 13.8 Å². The van der Waals surface area contributed by atoms with Gasteiger partial charge in [0.05, 0.1) is 0 Å². The number of rotatable bonds is 6. The molecule has 5 heteroatoms. The molecular formula is C18H26N2O3. The maximum atomic E-state index is 12.4. The highest BCUT2D eigenvalue weighted by atomic mass is 16.5. The molecule has 0 radical (unpaired) electrons. The molecule has 1 aromatic carbocycles. The lowest BCUT2D eigenvalue weighted by molar-refractivity contribution is -0.151. The molecule has 126 valence electrons. The number of hydrogen-bond acceptors (Lipinski definition) is 4. The first-order valence-corrected chi connectivity index (χ1v) is 8.32. The third-order valence-corrected chi connectivity index (χ3v) is 4.05. The molecule has 0 aromatic heterocycles. The Morgan fingerprint density at radius 2 is 1.83 bits per heavy atom. The molecule has 0 bridgehead atoms. The van der Waals surface area contributed by atoms with Crippen LogP contribution in [-0.4, -0.2) is 24.0 Å². The van der Waals surface area contributed by atoms with E-state index in [9.17, 15) is 9.59 Å². The molecule has 2 rings (SSSR count). The highest BCUT2D eigenvalue weighted by molar-refractivity contribution is 5.97. The number of hydrogen-bond donors (Lipinski definition) is 2. The van der Waals surface area contributed by atoms with Gasteiger partial charge in [-0.15, -0.1) is 0 Å². The van der Waals surface area contributed by atoms with Gasteiger partial charge in [0, 0.05) is 11.3 Å². The fraction of sp³-hybridized carbons (Fsp3) is 0.556. The summed E-state index contributed by atoms with van der Waals surface area (Å²) in [6.07, 6.45) is 4.62. The van der Waals surface area contributed by atoms with Crippen LogP contribution >= 0.6 is 0 Å². The monoisotopic (exact) mass is 318 g/mol. The Morgan fingerprint density at radius 3 is 2.39 bits per heavy atom. The van der Waals surface area contributed by atoms with E-state index in [1.54, 1.807) is 24.3 Å². The Morgan fingerprint density at radius 1 is 1.22 bits per heavy atom. The standard InChI is InChI=1S/C18H26N2O3/c1-12(2)11-16(18(22)23-15-5-3-4-6-15)20-17(21)13-7-9-14(19)10-8-13/h7-10,12,15-16H,3-6,11,19H2,1-2H3,(H,20,21). The van der Waals surface area contributed by atoms with Crippen LogP contribution in [0.3, 0.4) is 0 Å². The Bertz CT molecular complexity index is 534. The lowest BCUT2D eigenvalue weighted by Gasteiger charge is -2.21. The molecule has 3 N–H and O–H groups in total. The average molecular weight is 318 g/mol. The van der Waals surface area contributed by atoms with Crippen molar-refractivity contribution in [2.75, 3.05) is 5.73 Å². The van der Waals surface area contributed by atoms with Gasteiger partial charge in [0.1, 0.15) is 12.1 Å². The van der Waals surface area contributed by atoms with Crippen LogP contribution in [-0.2, 0) is 9.53 Å². The van der Waals surface area contributed by atoms with Gasteiger partial charge in [-0.2, -0.15) is 0 Å². The summed E-state index contributed by atoms with van der Waals surface area (Å²) in [6, 6.07) is 6.03. The van der Waals surface area contributed by atoms with Crippen LogP contribution in [0.1, 0.15) is 56.3 Å². The molecule has 1 aliphatic carbocycles. The van der Waals surface area contributed by atoms with E-state index >= 15 is 0 Å². The topological polar surface area (TPSA) is 81.4 Å². The Kier molecular flexibility index (Phi) is 6.02. The highest BCUT2D eigenvalue weighted by Gasteiger charge is 2.27. The molecule has 1 amide bonds. The number of anilines is 1. The van der Waals surface area contributed by atoms with Crippen LogP contribution in [0.25, 0.3) is 0 Å². The van der Waals surface area contributed by atoms with Crippen LogP contribution in [0.2, 0.25) is 0 Å². The van der Waals surface area contributed by atoms with E-state index in [1.807, 2.05) is 13.8 Å². The Labute approximate surface area is 137 Å². The molecule has 1 aliphatic rings. The quantitative estimate of drug-likeness (QED) is 0.624. The second kappa shape index (κ2) is 7.99. The second-order valence-electron chi connectivity index (χ2n) is 6.62. The zero-order chi connectivity index (χ0) is 16.8. The van der Waals surface area contributed by atoms with Crippen LogP contribution in [0.5, 0.6) is 0 Å². The van der Waals surface area contributed by atoms with Crippen molar-refractivity contribution in [3.63, 3.8) is 0 Å². The van der Waals surface area contributed by atoms with Crippen molar-refractivity contribution in [3.8, 4) is 0 Å². The number of nitrogens with two attached hydrogens (primary N) is 1. The van der Waals surface area contributed by atoms with Crippen LogP contribution < -0.4 is 11.1 Å². The number of carbonyl (C=O) groups is 2. The zero-order valence-electron chi connectivity index (χ0n) is 13.9. The number of amides is 1. The molecule has 1 fully saturated rings. The van der Waals surface area contributed by atoms with E-state index in [-0.39, 0.29) is 23.9 Å². The van der Waals surface area contributed by atoms with Crippen molar-refractivity contribution < 1.29 is 14.3 Å². The molecule has 0 saturated heterocycles. The summed E-state index contributed by atoms with van der Waals surface area (Å²) >= 11 is 0. The number of benzene rings is 1. The number of nitrogens with one attached hydrogen (secondary N) is 1. The summed E-state index contributed by atoms with van der Waals surface area (Å²) in [5.41, 5.74) is 6.71. The molecular weight excluding hydrogens is 292 g/mol. The summed E-state index contributed by atoms with van der Waals surface area (Å²) < 4.78 is 5.56. The Balaban J connectivity index is 2.00. The molecule has 5 nitrogen and oxygen atoms in total. The lowest BCUT2D eigenvalue weighted by Crippen LogP contribution is -2.43. The van der Waals surface area contributed by atoms with Gasteiger partial charge in [-0.3, -0.25) is 4.79 Å². The minimum Gasteiger partial charge on any atom is -0.461 e. The molecule has 1 aromatic rings. The predicted octanol–water partition coefficient (Wildman–Crippen LogP) is 2.90. The fourth-order valence-electron chi connectivity index (χ4n) is 2.81. The normalized spacial score (nSPS) is 16.3. The summed E-state index contributed by atoms with van der Waals surface area (Å²) in [5.74, 6) is -0.323. The maximum absolute atomic E-state index is 12.4. The van der Waals surface area contributed by atoms with Gasteiger partial charge in [0.15, 0.2) is 0 Å². The summed E-state index contributed by atoms with van der Waals surface area (Å²) in [5, 5.41) is 2.80. The predicted molar refractivity (Wildman–Crippen MR) is 89.9 cm³/mol. The number of nitrogen functional groups attached to an aromatic ring is 1. The third kappa shape index (κ3) is 5.27. The fourth-order valence-corrected chi connectivity index (χ4v) is 2.81. The largest absolute Gasteiger partial charge is 0.461 e. The van der Waals surface area contributed by atoms with Crippen molar-refractivity contribution >= 4 is 17.6 Å². The molecule has 0 spiro atoms. The Hall–Kier alpha value is -2.04. The molecule has 0 aliphatic heterocycles. The van der Waals surface area contributed by atoms with Crippen LogP contribution in [0, 0.1) is 5.92 Å².